The lowest BCUT2D eigenvalue weighted by Crippen LogP contribution is -2.26. The van der Waals surface area contributed by atoms with Crippen LogP contribution >= 0.6 is 0 Å². The maximum Gasteiger partial charge on any atom is 0.305 e. The number of rotatable bonds is 4. The lowest BCUT2D eigenvalue weighted by molar-refractivity contribution is -0.387. The number of nitro benzene ring substituents is 1. The van der Waals surface area contributed by atoms with Crippen molar-refractivity contribution in [3.8, 4) is 0 Å². The molecule has 1 aromatic carbocycles. The van der Waals surface area contributed by atoms with E-state index in [1.807, 2.05) is 0 Å². The normalized spacial score (nSPS) is 19.8. The average molecular weight is 266 g/mol. The number of amides is 1. The Hall–Kier alpha value is -1.98. The van der Waals surface area contributed by atoms with E-state index in [9.17, 15) is 19.3 Å². The number of hydrogen-bond acceptors (Lipinski definition) is 3. The summed E-state index contributed by atoms with van der Waals surface area (Å²) >= 11 is 0. The van der Waals surface area contributed by atoms with Gasteiger partial charge in [-0.3, -0.25) is 14.9 Å². The summed E-state index contributed by atoms with van der Waals surface area (Å²) in [5.74, 6) is -0.914. The van der Waals surface area contributed by atoms with Gasteiger partial charge in [0, 0.05) is 18.2 Å². The molecule has 102 valence electrons. The Balaban J connectivity index is 2.03. The van der Waals surface area contributed by atoms with Crippen LogP contribution < -0.4 is 5.32 Å². The van der Waals surface area contributed by atoms with E-state index >= 15 is 0 Å². The van der Waals surface area contributed by atoms with Crippen LogP contribution in [0.3, 0.4) is 0 Å². The standard InChI is InChI=1S/C13H15FN2O3/c1-13(2)6-9(13)7-15-12(17)8-3-4-10(14)11(5-8)16(18)19/h3-5,9H,6-7H2,1-2H3,(H,15,17). The van der Waals surface area contributed by atoms with Crippen LogP contribution in [0.4, 0.5) is 10.1 Å². The molecule has 1 atom stereocenters. The quantitative estimate of drug-likeness (QED) is 0.672. The Morgan fingerprint density at radius 3 is 2.74 bits per heavy atom. The molecule has 0 aromatic heterocycles. The molecular weight excluding hydrogens is 251 g/mol. The third kappa shape index (κ3) is 2.89. The molecule has 1 saturated carbocycles. The first-order chi connectivity index (χ1) is 8.81. The molecular formula is C13H15FN2O3. The SMILES string of the molecule is CC1(C)CC1CNC(=O)c1ccc(F)c([N+](=O)[O-])c1. The van der Waals surface area contributed by atoms with Gasteiger partial charge in [-0.05, 0) is 29.9 Å². The van der Waals surface area contributed by atoms with E-state index in [-0.39, 0.29) is 11.0 Å². The second-order valence-electron chi connectivity index (χ2n) is 5.52. The largest absolute Gasteiger partial charge is 0.352 e. The van der Waals surface area contributed by atoms with Gasteiger partial charge in [0.15, 0.2) is 0 Å². The molecule has 19 heavy (non-hydrogen) atoms. The second-order valence-corrected chi connectivity index (χ2v) is 5.52. The molecule has 1 unspecified atom stereocenters. The topological polar surface area (TPSA) is 72.2 Å². The summed E-state index contributed by atoms with van der Waals surface area (Å²) in [7, 11) is 0. The Kier molecular flexibility index (Phi) is 3.26. The number of carbonyl (C=O) groups is 1. The first-order valence-electron chi connectivity index (χ1n) is 6.03. The van der Waals surface area contributed by atoms with Crippen molar-refractivity contribution < 1.29 is 14.1 Å². The number of hydrogen-bond donors (Lipinski definition) is 1. The van der Waals surface area contributed by atoms with E-state index in [4.69, 9.17) is 0 Å². The van der Waals surface area contributed by atoms with Gasteiger partial charge in [0.25, 0.3) is 5.91 Å². The minimum absolute atomic E-state index is 0.103. The number of nitrogens with one attached hydrogen (secondary N) is 1. The fraction of sp³-hybridized carbons (Fsp3) is 0.462. The molecule has 0 radical (unpaired) electrons. The van der Waals surface area contributed by atoms with Gasteiger partial charge >= 0.3 is 5.69 Å². The molecule has 0 heterocycles. The summed E-state index contributed by atoms with van der Waals surface area (Å²) in [5, 5.41) is 13.3. The Morgan fingerprint density at radius 1 is 1.58 bits per heavy atom. The molecule has 1 aliphatic rings. The number of nitrogens with zero attached hydrogens (tertiary/aromatic N) is 1. The predicted molar refractivity (Wildman–Crippen MR) is 67.3 cm³/mol. The minimum atomic E-state index is -0.940. The van der Waals surface area contributed by atoms with E-state index in [0.717, 1.165) is 18.6 Å². The van der Waals surface area contributed by atoms with Crippen LogP contribution in [-0.2, 0) is 0 Å². The van der Waals surface area contributed by atoms with Crippen molar-refractivity contribution in [1.29, 1.82) is 0 Å². The van der Waals surface area contributed by atoms with Crippen LogP contribution in [0.25, 0.3) is 0 Å². The summed E-state index contributed by atoms with van der Waals surface area (Å²) in [4.78, 5) is 21.6. The van der Waals surface area contributed by atoms with Crippen LogP contribution in [0.5, 0.6) is 0 Å². The fourth-order valence-electron chi connectivity index (χ4n) is 2.04. The third-order valence-corrected chi connectivity index (χ3v) is 3.63. The van der Waals surface area contributed by atoms with Crippen molar-refractivity contribution in [2.75, 3.05) is 6.54 Å². The molecule has 2 rings (SSSR count). The maximum absolute atomic E-state index is 13.1. The van der Waals surface area contributed by atoms with Crippen molar-refractivity contribution in [2.45, 2.75) is 20.3 Å². The molecule has 1 aromatic rings. The van der Waals surface area contributed by atoms with E-state index in [1.54, 1.807) is 0 Å². The molecule has 1 aliphatic carbocycles. The molecule has 0 spiro atoms. The number of carbonyl (C=O) groups excluding carboxylic acids is 1. The van der Waals surface area contributed by atoms with Gasteiger partial charge in [0.05, 0.1) is 4.92 Å². The molecule has 6 heteroatoms. The van der Waals surface area contributed by atoms with Gasteiger partial charge in [-0.25, -0.2) is 0 Å². The smallest absolute Gasteiger partial charge is 0.305 e. The van der Waals surface area contributed by atoms with Gasteiger partial charge in [0.1, 0.15) is 0 Å². The highest BCUT2D eigenvalue weighted by Gasteiger charge is 2.45. The maximum atomic E-state index is 13.1. The Bertz CT molecular complexity index is 543. The second kappa shape index (κ2) is 4.60. The van der Waals surface area contributed by atoms with E-state index in [1.165, 1.54) is 6.07 Å². The lowest BCUT2D eigenvalue weighted by atomic mass is 10.1. The van der Waals surface area contributed by atoms with Crippen LogP contribution in [0.1, 0.15) is 30.6 Å². The highest BCUT2D eigenvalue weighted by atomic mass is 19.1. The van der Waals surface area contributed by atoms with Crippen molar-refractivity contribution in [3.63, 3.8) is 0 Å². The van der Waals surface area contributed by atoms with Crippen molar-refractivity contribution in [3.05, 3.63) is 39.7 Å². The summed E-state index contributed by atoms with van der Waals surface area (Å²) < 4.78 is 13.1. The molecule has 0 saturated heterocycles. The molecule has 1 N–H and O–H groups in total. The zero-order valence-electron chi connectivity index (χ0n) is 10.8. The molecule has 0 bridgehead atoms. The summed E-state index contributed by atoms with van der Waals surface area (Å²) in [6.45, 7) is 4.77. The molecule has 0 aliphatic heterocycles. The first kappa shape index (κ1) is 13.5. The summed E-state index contributed by atoms with van der Waals surface area (Å²) in [5.41, 5.74) is -0.326. The van der Waals surface area contributed by atoms with Crippen LogP contribution in [0, 0.1) is 27.3 Å². The van der Waals surface area contributed by atoms with Gasteiger partial charge < -0.3 is 5.32 Å². The molecule has 1 fully saturated rings. The summed E-state index contributed by atoms with van der Waals surface area (Å²) in [6.07, 6.45) is 1.05. The Labute approximate surface area is 110 Å². The Morgan fingerprint density at radius 2 is 2.21 bits per heavy atom. The van der Waals surface area contributed by atoms with E-state index < -0.39 is 22.3 Å². The lowest BCUT2D eigenvalue weighted by Gasteiger charge is -2.06. The van der Waals surface area contributed by atoms with Crippen molar-refractivity contribution >= 4 is 11.6 Å². The van der Waals surface area contributed by atoms with Gasteiger partial charge in [0.2, 0.25) is 5.82 Å². The van der Waals surface area contributed by atoms with E-state index in [0.29, 0.717) is 12.5 Å². The number of nitro groups is 1. The van der Waals surface area contributed by atoms with Crippen LogP contribution in [0.15, 0.2) is 18.2 Å². The van der Waals surface area contributed by atoms with Gasteiger partial charge in [-0.2, -0.15) is 4.39 Å². The average Bonchev–Trinajstić information content (AvgIpc) is 2.94. The number of benzene rings is 1. The minimum Gasteiger partial charge on any atom is -0.352 e. The zero-order chi connectivity index (χ0) is 14.2. The van der Waals surface area contributed by atoms with Crippen molar-refractivity contribution in [2.24, 2.45) is 11.3 Å². The predicted octanol–water partition coefficient (Wildman–Crippen LogP) is 2.51. The van der Waals surface area contributed by atoms with Crippen LogP contribution in [0.2, 0.25) is 0 Å². The monoisotopic (exact) mass is 266 g/mol. The molecule has 1 amide bonds. The summed E-state index contributed by atoms with van der Waals surface area (Å²) in [6, 6.07) is 3.15. The number of halogens is 1. The third-order valence-electron chi connectivity index (χ3n) is 3.63. The van der Waals surface area contributed by atoms with Gasteiger partial charge in [-0.1, -0.05) is 13.8 Å². The zero-order valence-corrected chi connectivity index (χ0v) is 10.8. The highest BCUT2D eigenvalue weighted by Crippen LogP contribution is 2.50. The molecule has 5 nitrogen and oxygen atoms in total. The van der Waals surface area contributed by atoms with E-state index in [2.05, 4.69) is 19.2 Å². The fourth-order valence-corrected chi connectivity index (χ4v) is 2.04. The van der Waals surface area contributed by atoms with Crippen LogP contribution in [-0.4, -0.2) is 17.4 Å². The first-order valence-corrected chi connectivity index (χ1v) is 6.03. The van der Waals surface area contributed by atoms with Crippen molar-refractivity contribution in [1.82, 2.24) is 5.32 Å². The highest BCUT2D eigenvalue weighted by molar-refractivity contribution is 5.94. The van der Waals surface area contributed by atoms with Gasteiger partial charge in [-0.15, -0.1) is 0 Å².